The van der Waals surface area contributed by atoms with Crippen LogP contribution in [0.4, 0.5) is 13.2 Å². The smallest absolute Gasteiger partial charge is 0.390 e. The van der Waals surface area contributed by atoms with Crippen molar-refractivity contribution < 1.29 is 23.1 Å². The number of fused-ring (bicyclic) bond motifs is 1. The number of halogens is 3. The highest BCUT2D eigenvalue weighted by molar-refractivity contribution is 5.94. The summed E-state index contributed by atoms with van der Waals surface area (Å²) in [4.78, 5) is 12.4. The van der Waals surface area contributed by atoms with Crippen LogP contribution in [0.25, 0.3) is 0 Å². The minimum absolute atomic E-state index is 0.242. The van der Waals surface area contributed by atoms with Gasteiger partial charge in [-0.1, -0.05) is 6.07 Å². The molecule has 2 aliphatic rings. The van der Waals surface area contributed by atoms with Crippen LogP contribution in [0.2, 0.25) is 0 Å². The molecule has 1 aromatic carbocycles. The predicted octanol–water partition coefficient (Wildman–Crippen LogP) is 2.89. The normalized spacial score (nSPS) is 27.6. The Morgan fingerprint density at radius 3 is 2.56 bits per heavy atom. The molecule has 3 rings (SSSR count). The van der Waals surface area contributed by atoms with E-state index >= 15 is 0 Å². The average molecular weight is 356 g/mol. The second-order valence-corrected chi connectivity index (χ2v) is 7.41. The Morgan fingerprint density at radius 1 is 1.28 bits per heavy atom. The molecule has 138 valence electrons. The lowest BCUT2D eigenvalue weighted by Crippen LogP contribution is -2.52. The van der Waals surface area contributed by atoms with Gasteiger partial charge in [0.05, 0.1) is 5.60 Å². The van der Waals surface area contributed by atoms with Crippen molar-refractivity contribution in [2.45, 2.75) is 63.5 Å². The zero-order chi connectivity index (χ0) is 18.2. The number of carbonyl (C=O) groups is 1. The monoisotopic (exact) mass is 356 g/mol. The van der Waals surface area contributed by atoms with Crippen LogP contribution in [0.3, 0.4) is 0 Å². The van der Waals surface area contributed by atoms with Crippen LogP contribution in [0.15, 0.2) is 18.2 Å². The number of alkyl halides is 3. The largest absolute Gasteiger partial charge is 0.408 e. The van der Waals surface area contributed by atoms with Crippen molar-refractivity contribution in [3.05, 3.63) is 34.9 Å². The van der Waals surface area contributed by atoms with Gasteiger partial charge >= 0.3 is 6.18 Å². The number of nitrogens with one attached hydrogen (secondary N) is 2. The lowest BCUT2D eigenvalue weighted by molar-refractivity contribution is -0.171. The number of rotatable bonds is 3. The molecule has 1 atom stereocenters. The first-order valence-electron chi connectivity index (χ1n) is 8.58. The van der Waals surface area contributed by atoms with Crippen molar-refractivity contribution in [1.82, 2.24) is 10.6 Å². The molecule has 0 saturated heterocycles. The lowest BCUT2D eigenvalue weighted by atomic mass is 9.76. The molecular weight excluding hydrogens is 333 g/mol. The van der Waals surface area contributed by atoms with E-state index in [0.29, 0.717) is 25.9 Å². The van der Waals surface area contributed by atoms with Gasteiger partial charge in [-0.3, -0.25) is 4.79 Å². The van der Waals surface area contributed by atoms with Crippen LogP contribution in [-0.2, 0) is 13.1 Å². The Labute approximate surface area is 144 Å². The van der Waals surface area contributed by atoms with Gasteiger partial charge in [-0.25, -0.2) is 0 Å². The first-order valence-corrected chi connectivity index (χ1v) is 8.58. The number of hydrogen-bond donors (Lipinski definition) is 3. The maximum Gasteiger partial charge on any atom is 0.408 e. The molecule has 0 spiro atoms. The van der Waals surface area contributed by atoms with E-state index in [9.17, 15) is 23.1 Å². The molecule has 1 heterocycles. The second kappa shape index (κ2) is 6.61. The average Bonchev–Trinajstić information content (AvgIpc) is 2.99. The molecular formula is C18H23F3N2O2. The van der Waals surface area contributed by atoms with E-state index in [2.05, 4.69) is 10.6 Å². The van der Waals surface area contributed by atoms with Crippen molar-refractivity contribution in [3.8, 4) is 0 Å². The van der Waals surface area contributed by atoms with E-state index in [1.807, 2.05) is 0 Å². The summed E-state index contributed by atoms with van der Waals surface area (Å²) in [6.07, 6.45) is -3.41. The third-order valence-electron chi connectivity index (χ3n) is 5.32. The Hall–Kier alpha value is -1.60. The molecule has 3 N–H and O–H groups in total. The van der Waals surface area contributed by atoms with Gasteiger partial charge in [-0.2, -0.15) is 13.2 Å². The van der Waals surface area contributed by atoms with Crippen molar-refractivity contribution >= 4 is 5.91 Å². The molecule has 1 fully saturated rings. The number of carbonyl (C=O) groups excluding carboxylic acids is 1. The van der Waals surface area contributed by atoms with E-state index < -0.39 is 29.6 Å². The number of aliphatic hydroxyl groups is 1. The van der Waals surface area contributed by atoms with Crippen molar-refractivity contribution in [1.29, 1.82) is 0 Å². The third kappa shape index (κ3) is 4.15. The highest BCUT2D eigenvalue weighted by Crippen LogP contribution is 2.38. The van der Waals surface area contributed by atoms with Gasteiger partial charge in [0.1, 0.15) is 6.04 Å². The SMILES string of the molecule is CC1(O)CCC(C(NC(=O)c2ccc3c(c2)CNC3)C(F)(F)F)CC1. The summed E-state index contributed by atoms with van der Waals surface area (Å²) in [6, 6.07) is 3.12. The summed E-state index contributed by atoms with van der Waals surface area (Å²) < 4.78 is 40.5. The molecule has 25 heavy (non-hydrogen) atoms. The third-order valence-corrected chi connectivity index (χ3v) is 5.32. The van der Waals surface area contributed by atoms with Gasteiger partial charge in [-0.05, 0) is 61.8 Å². The lowest BCUT2D eigenvalue weighted by Gasteiger charge is -2.37. The maximum atomic E-state index is 13.5. The number of benzene rings is 1. The Bertz CT molecular complexity index is 648. The number of amides is 1. The fraction of sp³-hybridized carbons (Fsp3) is 0.611. The van der Waals surface area contributed by atoms with Crippen LogP contribution < -0.4 is 10.6 Å². The Kier molecular flexibility index (Phi) is 4.81. The second-order valence-electron chi connectivity index (χ2n) is 7.41. The molecule has 0 bridgehead atoms. The summed E-state index contributed by atoms with van der Waals surface area (Å²) in [5, 5.41) is 15.3. The van der Waals surface area contributed by atoms with E-state index in [1.165, 1.54) is 0 Å². The summed E-state index contributed by atoms with van der Waals surface area (Å²) >= 11 is 0. The molecule has 1 amide bonds. The summed E-state index contributed by atoms with van der Waals surface area (Å²) in [7, 11) is 0. The van der Waals surface area contributed by atoms with Gasteiger partial charge in [0.15, 0.2) is 0 Å². The van der Waals surface area contributed by atoms with Crippen LogP contribution in [-0.4, -0.2) is 28.8 Å². The van der Waals surface area contributed by atoms with Crippen molar-refractivity contribution in [2.75, 3.05) is 0 Å². The van der Waals surface area contributed by atoms with E-state index in [1.54, 1.807) is 25.1 Å². The highest BCUT2D eigenvalue weighted by Gasteiger charge is 2.47. The predicted molar refractivity (Wildman–Crippen MR) is 86.9 cm³/mol. The van der Waals surface area contributed by atoms with Crippen LogP contribution >= 0.6 is 0 Å². The topological polar surface area (TPSA) is 61.4 Å². The fourth-order valence-corrected chi connectivity index (χ4v) is 3.72. The minimum atomic E-state index is -4.51. The van der Waals surface area contributed by atoms with Crippen LogP contribution in [0, 0.1) is 5.92 Å². The van der Waals surface area contributed by atoms with E-state index in [-0.39, 0.29) is 18.4 Å². The van der Waals surface area contributed by atoms with E-state index in [0.717, 1.165) is 11.1 Å². The molecule has 1 aliphatic heterocycles. The highest BCUT2D eigenvalue weighted by atomic mass is 19.4. The molecule has 4 nitrogen and oxygen atoms in total. The summed E-state index contributed by atoms with van der Waals surface area (Å²) in [6.45, 7) is 2.98. The van der Waals surface area contributed by atoms with Gasteiger partial charge < -0.3 is 15.7 Å². The molecule has 1 aromatic rings. The van der Waals surface area contributed by atoms with Crippen LogP contribution in [0.1, 0.15) is 54.1 Å². The molecule has 0 aromatic heterocycles. The molecule has 1 unspecified atom stereocenters. The molecule has 1 aliphatic carbocycles. The molecule has 0 radical (unpaired) electrons. The molecule has 7 heteroatoms. The van der Waals surface area contributed by atoms with Gasteiger partial charge in [0, 0.05) is 18.7 Å². The quantitative estimate of drug-likeness (QED) is 0.780. The van der Waals surface area contributed by atoms with Crippen molar-refractivity contribution in [3.63, 3.8) is 0 Å². The van der Waals surface area contributed by atoms with Crippen molar-refractivity contribution in [2.24, 2.45) is 5.92 Å². The standard InChI is InChI=1S/C18H23F3N2O2/c1-17(25)6-4-11(5-7-17)15(18(19,20)21)23-16(24)12-2-3-13-9-22-10-14(13)8-12/h2-3,8,11,15,22,25H,4-7,9-10H2,1H3,(H,23,24). The first kappa shape index (κ1) is 18.2. The molecule has 1 saturated carbocycles. The Balaban J connectivity index is 1.73. The van der Waals surface area contributed by atoms with E-state index in [4.69, 9.17) is 0 Å². The zero-order valence-electron chi connectivity index (χ0n) is 14.1. The number of hydrogen-bond acceptors (Lipinski definition) is 3. The minimum Gasteiger partial charge on any atom is -0.390 e. The van der Waals surface area contributed by atoms with Crippen LogP contribution in [0.5, 0.6) is 0 Å². The van der Waals surface area contributed by atoms with Gasteiger partial charge in [-0.15, -0.1) is 0 Å². The van der Waals surface area contributed by atoms with Gasteiger partial charge in [0.25, 0.3) is 5.91 Å². The summed E-state index contributed by atoms with van der Waals surface area (Å²) in [5.74, 6) is -1.41. The summed E-state index contributed by atoms with van der Waals surface area (Å²) in [5.41, 5.74) is 1.35. The first-order chi connectivity index (χ1) is 11.7. The maximum absolute atomic E-state index is 13.5. The Morgan fingerprint density at radius 2 is 1.92 bits per heavy atom. The fourth-order valence-electron chi connectivity index (χ4n) is 3.72. The van der Waals surface area contributed by atoms with Gasteiger partial charge in [0.2, 0.25) is 0 Å². The zero-order valence-corrected chi connectivity index (χ0v) is 14.1.